The predicted octanol–water partition coefficient (Wildman–Crippen LogP) is 1.08. The highest BCUT2D eigenvalue weighted by molar-refractivity contribution is 5.96. The second-order valence-corrected chi connectivity index (χ2v) is 3.57. The number of hydrogen-bond donors (Lipinski definition) is 2. The lowest BCUT2D eigenvalue weighted by Gasteiger charge is -2.09. The van der Waals surface area contributed by atoms with Gasteiger partial charge < -0.3 is 10.4 Å². The lowest BCUT2D eigenvalue weighted by atomic mass is 10.1. The van der Waals surface area contributed by atoms with E-state index in [0.717, 1.165) is 6.92 Å². The average molecular weight is 274 g/mol. The maximum absolute atomic E-state index is 13.4. The minimum Gasteiger partial charge on any atom is -0.480 e. The monoisotopic (exact) mass is 274 g/mol. The zero-order valence-corrected chi connectivity index (χ0v) is 9.52. The molecular weight excluding hydrogens is 266 g/mol. The predicted molar refractivity (Wildman–Crippen MR) is 57.6 cm³/mol. The first-order valence-electron chi connectivity index (χ1n) is 4.91. The number of nitrogens with zero attached hydrogens (tertiary/aromatic N) is 1. The fourth-order valence-corrected chi connectivity index (χ4v) is 1.19. The molecule has 102 valence electrons. The highest BCUT2D eigenvalue weighted by Gasteiger charge is 2.23. The number of carboxylic acids is 1. The summed E-state index contributed by atoms with van der Waals surface area (Å²) in [5.41, 5.74) is -1.92. The number of nitro benzene ring substituents is 1. The van der Waals surface area contributed by atoms with Gasteiger partial charge >= 0.3 is 11.7 Å². The van der Waals surface area contributed by atoms with Crippen LogP contribution in [0, 0.1) is 21.7 Å². The smallest absolute Gasteiger partial charge is 0.325 e. The van der Waals surface area contributed by atoms with Crippen LogP contribution < -0.4 is 5.32 Å². The van der Waals surface area contributed by atoms with Crippen molar-refractivity contribution in [3.8, 4) is 0 Å². The second-order valence-electron chi connectivity index (χ2n) is 3.57. The molecule has 0 radical (unpaired) electrons. The third-order valence-electron chi connectivity index (χ3n) is 2.20. The van der Waals surface area contributed by atoms with Crippen LogP contribution in [0.5, 0.6) is 0 Å². The van der Waals surface area contributed by atoms with Crippen LogP contribution in [0.15, 0.2) is 12.1 Å². The van der Waals surface area contributed by atoms with E-state index < -0.39 is 45.7 Å². The van der Waals surface area contributed by atoms with Crippen LogP contribution in [0.1, 0.15) is 17.3 Å². The van der Waals surface area contributed by atoms with E-state index in [0.29, 0.717) is 6.07 Å². The second kappa shape index (κ2) is 5.38. The molecular formula is C10H8F2N2O5. The fourth-order valence-electron chi connectivity index (χ4n) is 1.19. The van der Waals surface area contributed by atoms with Gasteiger partial charge in [-0.1, -0.05) is 0 Å². The van der Waals surface area contributed by atoms with Crippen LogP contribution in [0.25, 0.3) is 0 Å². The number of carbonyl (C=O) groups excluding carboxylic acids is 1. The summed E-state index contributed by atoms with van der Waals surface area (Å²) in [5.74, 6) is -5.25. The number of aliphatic carboxylic acids is 1. The molecule has 1 rings (SSSR count). The van der Waals surface area contributed by atoms with Crippen LogP contribution in [0.4, 0.5) is 14.5 Å². The Bertz CT molecular complexity index is 561. The lowest BCUT2D eigenvalue weighted by molar-refractivity contribution is -0.387. The molecule has 0 aromatic heterocycles. The minimum atomic E-state index is -1.39. The van der Waals surface area contributed by atoms with Gasteiger partial charge in [0.25, 0.3) is 5.91 Å². The molecule has 0 bridgehead atoms. The topological polar surface area (TPSA) is 110 Å². The van der Waals surface area contributed by atoms with E-state index in [9.17, 15) is 28.5 Å². The Morgan fingerprint density at radius 2 is 1.95 bits per heavy atom. The van der Waals surface area contributed by atoms with Gasteiger partial charge in [0.1, 0.15) is 11.9 Å². The summed E-state index contributed by atoms with van der Waals surface area (Å²) in [6, 6.07) is -0.710. The minimum absolute atomic E-state index is 0.260. The third-order valence-corrected chi connectivity index (χ3v) is 2.20. The van der Waals surface area contributed by atoms with Gasteiger partial charge in [0.2, 0.25) is 5.82 Å². The Hall–Kier alpha value is -2.58. The first kappa shape index (κ1) is 14.5. The van der Waals surface area contributed by atoms with Crippen molar-refractivity contribution in [3.63, 3.8) is 0 Å². The van der Waals surface area contributed by atoms with Crippen molar-refractivity contribution in [2.75, 3.05) is 0 Å². The van der Waals surface area contributed by atoms with Crippen LogP contribution in [-0.2, 0) is 4.79 Å². The van der Waals surface area contributed by atoms with Crippen molar-refractivity contribution < 1.29 is 28.4 Å². The normalized spacial score (nSPS) is 11.7. The molecule has 1 amide bonds. The van der Waals surface area contributed by atoms with Crippen LogP contribution in [0.2, 0.25) is 0 Å². The Balaban J connectivity index is 3.08. The Morgan fingerprint density at radius 3 is 2.42 bits per heavy atom. The molecule has 1 atom stereocenters. The lowest BCUT2D eigenvalue weighted by Crippen LogP contribution is -2.38. The number of carbonyl (C=O) groups is 2. The van der Waals surface area contributed by atoms with Crippen molar-refractivity contribution in [3.05, 3.63) is 39.4 Å². The van der Waals surface area contributed by atoms with Gasteiger partial charge in [0.15, 0.2) is 0 Å². The van der Waals surface area contributed by atoms with E-state index >= 15 is 0 Å². The van der Waals surface area contributed by atoms with E-state index in [4.69, 9.17) is 5.11 Å². The van der Waals surface area contributed by atoms with Gasteiger partial charge in [-0.15, -0.1) is 0 Å². The number of nitrogens with one attached hydrogen (secondary N) is 1. The molecule has 19 heavy (non-hydrogen) atoms. The summed E-state index contributed by atoms with van der Waals surface area (Å²) in [5, 5.41) is 20.8. The van der Waals surface area contributed by atoms with Crippen molar-refractivity contribution in [1.82, 2.24) is 5.32 Å². The van der Waals surface area contributed by atoms with Crippen molar-refractivity contribution in [2.45, 2.75) is 13.0 Å². The highest BCUT2D eigenvalue weighted by atomic mass is 19.1. The number of benzene rings is 1. The maximum atomic E-state index is 13.4. The van der Waals surface area contributed by atoms with Crippen molar-refractivity contribution in [2.24, 2.45) is 0 Å². The number of amides is 1. The van der Waals surface area contributed by atoms with Gasteiger partial charge in [-0.2, -0.15) is 4.39 Å². The largest absolute Gasteiger partial charge is 0.480 e. The number of nitro groups is 1. The molecule has 0 aliphatic carbocycles. The Morgan fingerprint density at radius 1 is 1.37 bits per heavy atom. The van der Waals surface area contributed by atoms with E-state index in [1.165, 1.54) is 0 Å². The zero-order valence-electron chi connectivity index (χ0n) is 9.52. The molecule has 1 aromatic carbocycles. The first-order valence-corrected chi connectivity index (χ1v) is 4.91. The molecule has 0 fully saturated rings. The number of hydrogen-bond acceptors (Lipinski definition) is 4. The van der Waals surface area contributed by atoms with Gasteiger partial charge in [-0.05, 0) is 13.0 Å². The first-order chi connectivity index (χ1) is 8.73. The van der Waals surface area contributed by atoms with E-state index in [-0.39, 0.29) is 6.07 Å². The van der Waals surface area contributed by atoms with Gasteiger partial charge in [-0.25, -0.2) is 4.39 Å². The molecule has 0 spiro atoms. The SMILES string of the molecule is C[C@@H](NC(=O)c1cc(F)c([N+](=O)[O-])cc1F)C(=O)O. The van der Waals surface area contributed by atoms with E-state index in [1.807, 2.05) is 5.32 Å². The Labute approximate surface area is 105 Å². The number of halogens is 2. The van der Waals surface area contributed by atoms with E-state index in [2.05, 4.69) is 0 Å². The standard InChI is InChI=1S/C10H8F2N2O5/c1-4(10(16)17)13-9(15)5-2-7(12)8(14(18)19)3-6(5)11/h2-4H,1H3,(H,13,15)(H,16,17)/t4-/m1/s1. The highest BCUT2D eigenvalue weighted by Crippen LogP contribution is 2.21. The molecule has 0 aliphatic heterocycles. The maximum Gasteiger partial charge on any atom is 0.325 e. The fraction of sp³-hybridized carbons (Fsp3) is 0.200. The summed E-state index contributed by atoms with van der Waals surface area (Å²) in [4.78, 5) is 31.2. The van der Waals surface area contributed by atoms with Gasteiger partial charge in [0.05, 0.1) is 16.6 Å². The average Bonchev–Trinajstić information content (AvgIpc) is 2.30. The summed E-state index contributed by atoms with van der Waals surface area (Å²) in [6.45, 7) is 1.12. The number of carboxylic acid groups (broad SMARTS) is 1. The van der Waals surface area contributed by atoms with Crippen molar-refractivity contribution >= 4 is 17.6 Å². The van der Waals surface area contributed by atoms with Crippen LogP contribution in [0.3, 0.4) is 0 Å². The molecule has 2 N–H and O–H groups in total. The number of rotatable bonds is 4. The quantitative estimate of drug-likeness (QED) is 0.630. The summed E-state index contributed by atoms with van der Waals surface area (Å²) >= 11 is 0. The molecule has 1 aromatic rings. The van der Waals surface area contributed by atoms with Gasteiger partial charge in [-0.3, -0.25) is 19.7 Å². The van der Waals surface area contributed by atoms with E-state index in [1.54, 1.807) is 0 Å². The van der Waals surface area contributed by atoms with Crippen LogP contribution >= 0.6 is 0 Å². The molecule has 7 nitrogen and oxygen atoms in total. The van der Waals surface area contributed by atoms with Crippen molar-refractivity contribution in [1.29, 1.82) is 0 Å². The third kappa shape index (κ3) is 3.21. The molecule has 0 aliphatic rings. The van der Waals surface area contributed by atoms with Crippen LogP contribution in [-0.4, -0.2) is 27.9 Å². The summed E-state index contributed by atoms with van der Waals surface area (Å²) in [6.07, 6.45) is 0. The Kier molecular flexibility index (Phi) is 4.10. The molecule has 0 saturated heterocycles. The zero-order chi connectivity index (χ0) is 14.7. The summed E-state index contributed by atoms with van der Waals surface area (Å²) in [7, 11) is 0. The molecule has 9 heteroatoms. The summed E-state index contributed by atoms with van der Waals surface area (Å²) < 4.78 is 26.6. The molecule has 0 unspecified atom stereocenters. The molecule has 0 heterocycles. The molecule has 0 saturated carbocycles. The van der Waals surface area contributed by atoms with Gasteiger partial charge in [0, 0.05) is 0 Å².